The second kappa shape index (κ2) is 10.3. The van der Waals surface area contributed by atoms with E-state index in [-0.39, 0.29) is 12.0 Å². The molecule has 9 heteroatoms. The Morgan fingerprint density at radius 3 is 2.03 bits per heavy atom. The molecule has 1 unspecified atom stereocenters. The van der Waals surface area contributed by atoms with E-state index in [1.165, 1.54) is 36.2 Å². The van der Waals surface area contributed by atoms with Crippen LogP contribution in [-0.2, 0) is 31.6 Å². The van der Waals surface area contributed by atoms with E-state index in [1.807, 2.05) is 32.9 Å². The number of sulfonamides is 1. The molecule has 0 saturated carbocycles. The van der Waals surface area contributed by atoms with Gasteiger partial charge in [-0.1, -0.05) is 45.0 Å². The van der Waals surface area contributed by atoms with Crippen LogP contribution in [0.15, 0.2) is 48.5 Å². The van der Waals surface area contributed by atoms with Crippen molar-refractivity contribution in [1.82, 2.24) is 10.2 Å². The average Bonchev–Trinajstić information content (AvgIpc) is 2.74. The number of rotatable bonds is 8. The van der Waals surface area contributed by atoms with Crippen molar-refractivity contribution >= 4 is 27.5 Å². The molecule has 180 valence electrons. The molecule has 0 aliphatic heterocycles. The molecule has 1 atom stereocenters. The number of hydrogen-bond acceptors (Lipinski definition) is 4. The van der Waals surface area contributed by atoms with Crippen LogP contribution in [0, 0.1) is 5.82 Å². The molecule has 0 aliphatic rings. The van der Waals surface area contributed by atoms with Crippen LogP contribution in [0.5, 0.6) is 0 Å². The summed E-state index contributed by atoms with van der Waals surface area (Å²) in [5.74, 6) is -1.37. The van der Waals surface area contributed by atoms with Gasteiger partial charge in [0.1, 0.15) is 18.4 Å². The molecule has 2 rings (SSSR count). The predicted molar refractivity (Wildman–Crippen MR) is 128 cm³/mol. The highest BCUT2D eigenvalue weighted by atomic mass is 32.2. The van der Waals surface area contributed by atoms with Crippen LogP contribution in [0.1, 0.15) is 38.8 Å². The molecule has 2 aromatic carbocycles. The Labute approximate surface area is 195 Å². The average molecular weight is 478 g/mol. The zero-order valence-electron chi connectivity index (χ0n) is 19.9. The highest BCUT2D eigenvalue weighted by molar-refractivity contribution is 7.92. The summed E-state index contributed by atoms with van der Waals surface area (Å²) in [5.41, 5.74) is 1.88. The van der Waals surface area contributed by atoms with E-state index in [0.717, 1.165) is 16.1 Å². The van der Waals surface area contributed by atoms with Crippen LogP contribution in [0.4, 0.5) is 10.1 Å². The van der Waals surface area contributed by atoms with Gasteiger partial charge < -0.3 is 10.2 Å². The fraction of sp³-hybridized carbons (Fsp3) is 0.417. The second-order valence-corrected chi connectivity index (χ2v) is 10.9. The number of anilines is 1. The Morgan fingerprint density at radius 2 is 1.58 bits per heavy atom. The topological polar surface area (TPSA) is 86.8 Å². The van der Waals surface area contributed by atoms with Crippen molar-refractivity contribution in [3.05, 3.63) is 65.5 Å². The summed E-state index contributed by atoms with van der Waals surface area (Å²) in [4.78, 5) is 26.9. The van der Waals surface area contributed by atoms with Gasteiger partial charge >= 0.3 is 0 Å². The predicted octanol–water partition coefficient (Wildman–Crippen LogP) is 3.05. The van der Waals surface area contributed by atoms with Crippen molar-refractivity contribution in [3.8, 4) is 0 Å². The van der Waals surface area contributed by atoms with Crippen molar-refractivity contribution in [1.29, 1.82) is 0 Å². The second-order valence-electron chi connectivity index (χ2n) is 9.00. The molecule has 7 nitrogen and oxygen atoms in total. The van der Waals surface area contributed by atoms with Crippen LogP contribution in [0.2, 0.25) is 0 Å². The summed E-state index contributed by atoms with van der Waals surface area (Å²) in [6.07, 6.45) is 1.03. The fourth-order valence-corrected chi connectivity index (χ4v) is 4.17. The minimum absolute atomic E-state index is 0.0221. The van der Waals surface area contributed by atoms with Crippen molar-refractivity contribution in [2.24, 2.45) is 0 Å². The molecular weight excluding hydrogens is 445 g/mol. The number of nitrogens with zero attached hydrogens (tertiary/aromatic N) is 2. The molecule has 33 heavy (non-hydrogen) atoms. The first-order chi connectivity index (χ1) is 15.2. The first-order valence-corrected chi connectivity index (χ1v) is 12.4. The molecule has 0 aromatic heterocycles. The summed E-state index contributed by atoms with van der Waals surface area (Å²) in [6.45, 7) is 7.25. The molecular formula is C24H32FN3O4S. The third-order valence-electron chi connectivity index (χ3n) is 5.38. The van der Waals surface area contributed by atoms with Crippen LogP contribution in [0.25, 0.3) is 0 Å². The maximum absolute atomic E-state index is 13.3. The zero-order valence-corrected chi connectivity index (χ0v) is 20.7. The Balaban J connectivity index is 2.37. The minimum atomic E-state index is -3.79. The summed E-state index contributed by atoms with van der Waals surface area (Å²) in [5, 5.41) is 2.51. The standard InChI is InChI=1S/C24H32FN3O4S/c1-17(23(30)26-5)27(15-18-7-11-20(25)12-8-18)22(29)16-28(33(6,31)32)21-13-9-19(10-14-21)24(2,3)4/h7-14,17H,15-16H2,1-6H3,(H,26,30). The summed E-state index contributed by atoms with van der Waals surface area (Å²) in [7, 11) is -2.33. The molecule has 0 heterocycles. The quantitative estimate of drug-likeness (QED) is 0.633. The van der Waals surface area contributed by atoms with Crippen molar-refractivity contribution in [2.45, 2.75) is 45.7 Å². The van der Waals surface area contributed by atoms with Crippen LogP contribution >= 0.6 is 0 Å². The Hall–Kier alpha value is -2.94. The Bertz CT molecular complexity index is 1080. The summed E-state index contributed by atoms with van der Waals surface area (Å²) < 4.78 is 39.4. The molecule has 0 bridgehead atoms. The molecule has 2 aromatic rings. The third kappa shape index (κ3) is 7.02. The van der Waals surface area contributed by atoms with Crippen molar-refractivity contribution < 1.29 is 22.4 Å². The highest BCUT2D eigenvalue weighted by Crippen LogP contribution is 2.26. The van der Waals surface area contributed by atoms with Gasteiger partial charge in [-0.3, -0.25) is 13.9 Å². The van der Waals surface area contributed by atoms with Gasteiger partial charge in [-0.05, 0) is 47.7 Å². The van der Waals surface area contributed by atoms with E-state index < -0.39 is 40.2 Å². The molecule has 0 aliphatic carbocycles. The largest absolute Gasteiger partial charge is 0.357 e. The number of carbonyl (C=O) groups excluding carboxylic acids is 2. The lowest BCUT2D eigenvalue weighted by Gasteiger charge is -2.31. The first-order valence-electron chi connectivity index (χ1n) is 10.6. The van der Waals surface area contributed by atoms with Crippen molar-refractivity contribution in [2.75, 3.05) is 24.2 Å². The third-order valence-corrected chi connectivity index (χ3v) is 6.52. The molecule has 0 spiro atoms. The molecule has 0 fully saturated rings. The van der Waals surface area contributed by atoms with E-state index in [2.05, 4.69) is 5.32 Å². The number of nitrogens with one attached hydrogen (secondary N) is 1. The number of hydrogen-bond donors (Lipinski definition) is 1. The van der Waals surface area contributed by atoms with Gasteiger partial charge in [0.25, 0.3) is 0 Å². The highest BCUT2D eigenvalue weighted by Gasteiger charge is 2.29. The smallest absolute Gasteiger partial charge is 0.244 e. The van der Waals surface area contributed by atoms with E-state index in [9.17, 15) is 22.4 Å². The lowest BCUT2D eigenvalue weighted by atomic mass is 9.87. The molecule has 2 amide bonds. The monoisotopic (exact) mass is 477 g/mol. The van der Waals surface area contributed by atoms with Gasteiger partial charge in [-0.2, -0.15) is 0 Å². The van der Waals surface area contributed by atoms with E-state index in [1.54, 1.807) is 19.1 Å². The fourth-order valence-electron chi connectivity index (χ4n) is 3.32. The van der Waals surface area contributed by atoms with Gasteiger partial charge in [0.15, 0.2) is 0 Å². The van der Waals surface area contributed by atoms with Crippen LogP contribution < -0.4 is 9.62 Å². The summed E-state index contributed by atoms with van der Waals surface area (Å²) in [6, 6.07) is 11.7. The van der Waals surface area contributed by atoms with Gasteiger partial charge in [-0.25, -0.2) is 12.8 Å². The number of likely N-dealkylation sites (N-methyl/N-ethyl adjacent to an activating group) is 1. The maximum Gasteiger partial charge on any atom is 0.244 e. The Morgan fingerprint density at radius 1 is 1.03 bits per heavy atom. The lowest BCUT2D eigenvalue weighted by Crippen LogP contribution is -2.50. The minimum Gasteiger partial charge on any atom is -0.357 e. The SMILES string of the molecule is CNC(=O)C(C)N(Cc1ccc(F)cc1)C(=O)CN(c1ccc(C(C)(C)C)cc1)S(C)(=O)=O. The molecule has 1 N–H and O–H groups in total. The number of amides is 2. The number of benzene rings is 2. The summed E-state index contributed by atoms with van der Waals surface area (Å²) >= 11 is 0. The van der Waals surface area contributed by atoms with Crippen molar-refractivity contribution in [3.63, 3.8) is 0 Å². The lowest BCUT2D eigenvalue weighted by molar-refractivity contribution is -0.139. The number of halogens is 1. The zero-order chi connectivity index (χ0) is 25.0. The van der Waals surface area contributed by atoms with Gasteiger partial charge in [-0.15, -0.1) is 0 Å². The van der Waals surface area contributed by atoms with Crippen LogP contribution in [-0.4, -0.2) is 51.0 Å². The van der Waals surface area contributed by atoms with E-state index in [4.69, 9.17) is 0 Å². The normalized spacial score (nSPS) is 12.7. The molecule has 0 saturated heterocycles. The number of carbonyl (C=O) groups is 2. The van der Waals surface area contributed by atoms with Gasteiger partial charge in [0.2, 0.25) is 21.8 Å². The van der Waals surface area contributed by atoms with Crippen LogP contribution in [0.3, 0.4) is 0 Å². The van der Waals surface area contributed by atoms with E-state index >= 15 is 0 Å². The van der Waals surface area contributed by atoms with Gasteiger partial charge in [0.05, 0.1) is 11.9 Å². The maximum atomic E-state index is 13.3. The first kappa shape index (κ1) is 26.3. The Kier molecular flexibility index (Phi) is 8.24. The molecule has 0 radical (unpaired) electrons. The van der Waals surface area contributed by atoms with Gasteiger partial charge in [0, 0.05) is 13.6 Å². The van der Waals surface area contributed by atoms with E-state index in [0.29, 0.717) is 11.3 Å².